The predicted octanol–water partition coefficient (Wildman–Crippen LogP) is 6.56. The quantitative estimate of drug-likeness (QED) is 0.0561. The van der Waals surface area contributed by atoms with Gasteiger partial charge in [0.25, 0.3) is 0 Å². The molecule has 0 fully saturated rings. The van der Waals surface area contributed by atoms with Crippen molar-refractivity contribution >= 4 is 22.3 Å². The molecule has 0 aliphatic rings. The van der Waals surface area contributed by atoms with Gasteiger partial charge in [0.2, 0.25) is 0 Å². The van der Waals surface area contributed by atoms with Gasteiger partial charge in [-0.2, -0.15) is 0 Å². The molecule has 4 aromatic rings. The van der Waals surface area contributed by atoms with Gasteiger partial charge in [0.15, 0.2) is 11.0 Å². The molecule has 0 saturated carbocycles. The summed E-state index contributed by atoms with van der Waals surface area (Å²) in [6.45, 7) is 4.23. The Morgan fingerprint density at radius 3 is 2.13 bits per heavy atom. The molecule has 38 heavy (non-hydrogen) atoms. The van der Waals surface area contributed by atoms with Gasteiger partial charge in [0, 0.05) is 29.0 Å². The Bertz CT molecular complexity index is 1290. The third kappa shape index (κ3) is 7.73. The number of nitrogens with one attached hydrogen (secondary N) is 1. The van der Waals surface area contributed by atoms with Crippen LogP contribution in [0.4, 0.5) is 5.13 Å². The lowest BCUT2D eigenvalue weighted by Gasteiger charge is -2.09. The molecule has 0 amide bonds. The molecular formula is C30H34N4O3S. The SMILES string of the molecule is CCNc1nc(-c2ccc(OCCCCCOc3ccc(C(N)=NO)cc3)cc2)c(Cc2ccccc2)s1. The average Bonchev–Trinajstić information content (AvgIpc) is 3.35. The molecule has 198 valence electrons. The van der Waals surface area contributed by atoms with Crippen LogP contribution >= 0.6 is 11.3 Å². The lowest BCUT2D eigenvalue weighted by molar-refractivity contribution is 0.279. The van der Waals surface area contributed by atoms with Crippen LogP contribution in [-0.2, 0) is 6.42 Å². The monoisotopic (exact) mass is 530 g/mol. The highest BCUT2D eigenvalue weighted by Gasteiger charge is 2.14. The van der Waals surface area contributed by atoms with E-state index in [0.717, 1.165) is 60.1 Å². The lowest BCUT2D eigenvalue weighted by Crippen LogP contribution is -2.12. The Morgan fingerprint density at radius 1 is 0.895 bits per heavy atom. The van der Waals surface area contributed by atoms with Crippen molar-refractivity contribution in [2.45, 2.75) is 32.6 Å². The number of anilines is 1. The third-order valence-corrected chi connectivity index (χ3v) is 6.96. The van der Waals surface area contributed by atoms with E-state index in [0.29, 0.717) is 18.8 Å². The molecule has 0 aliphatic heterocycles. The Kier molecular flexibility index (Phi) is 9.98. The van der Waals surface area contributed by atoms with Crippen molar-refractivity contribution in [1.82, 2.24) is 4.98 Å². The summed E-state index contributed by atoms with van der Waals surface area (Å²) in [5, 5.41) is 16.0. The van der Waals surface area contributed by atoms with E-state index in [1.165, 1.54) is 10.4 Å². The number of hydrogen-bond donors (Lipinski definition) is 3. The first-order chi connectivity index (χ1) is 18.7. The van der Waals surface area contributed by atoms with Crippen molar-refractivity contribution in [3.05, 3.63) is 94.9 Å². The largest absolute Gasteiger partial charge is 0.494 e. The van der Waals surface area contributed by atoms with Gasteiger partial charge < -0.3 is 25.7 Å². The van der Waals surface area contributed by atoms with Gasteiger partial charge in [-0.05, 0) is 80.3 Å². The summed E-state index contributed by atoms with van der Waals surface area (Å²) in [5.41, 5.74) is 9.63. The van der Waals surface area contributed by atoms with E-state index >= 15 is 0 Å². The van der Waals surface area contributed by atoms with E-state index in [1.54, 1.807) is 23.5 Å². The van der Waals surface area contributed by atoms with Crippen LogP contribution in [0.3, 0.4) is 0 Å². The van der Waals surface area contributed by atoms with Crippen LogP contribution in [0.2, 0.25) is 0 Å². The summed E-state index contributed by atoms with van der Waals surface area (Å²) in [5.74, 6) is 1.71. The number of thiazole rings is 1. The van der Waals surface area contributed by atoms with Gasteiger partial charge in [0.05, 0.1) is 18.9 Å². The van der Waals surface area contributed by atoms with Gasteiger partial charge >= 0.3 is 0 Å². The number of aromatic nitrogens is 1. The maximum Gasteiger partial charge on any atom is 0.183 e. The van der Waals surface area contributed by atoms with Crippen molar-refractivity contribution < 1.29 is 14.7 Å². The fourth-order valence-electron chi connectivity index (χ4n) is 3.95. The van der Waals surface area contributed by atoms with Gasteiger partial charge in [-0.25, -0.2) is 4.98 Å². The van der Waals surface area contributed by atoms with E-state index in [-0.39, 0.29) is 5.84 Å². The second-order valence-corrected chi connectivity index (χ2v) is 9.86. The molecule has 0 bridgehead atoms. The van der Waals surface area contributed by atoms with Crippen molar-refractivity contribution in [2.75, 3.05) is 25.1 Å². The van der Waals surface area contributed by atoms with Crippen LogP contribution in [0, 0.1) is 0 Å². The molecule has 4 N–H and O–H groups in total. The van der Waals surface area contributed by atoms with Gasteiger partial charge in [0.1, 0.15) is 11.5 Å². The highest BCUT2D eigenvalue weighted by atomic mass is 32.1. The summed E-state index contributed by atoms with van der Waals surface area (Å²) in [6, 6.07) is 25.9. The lowest BCUT2D eigenvalue weighted by atomic mass is 10.1. The summed E-state index contributed by atoms with van der Waals surface area (Å²) in [6.07, 6.45) is 3.76. The maximum absolute atomic E-state index is 8.72. The highest BCUT2D eigenvalue weighted by molar-refractivity contribution is 7.16. The summed E-state index contributed by atoms with van der Waals surface area (Å²) in [4.78, 5) is 6.12. The van der Waals surface area contributed by atoms with Crippen molar-refractivity contribution in [2.24, 2.45) is 10.9 Å². The van der Waals surface area contributed by atoms with E-state index in [1.807, 2.05) is 30.3 Å². The van der Waals surface area contributed by atoms with Crippen LogP contribution in [0.1, 0.15) is 42.2 Å². The minimum atomic E-state index is 0.0838. The smallest absolute Gasteiger partial charge is 0.183 e. The minimum Gasteiger partial charge on any atom is -0.494 e. The Hall–Kier alpha value is -4.04. The normalized spacial score (nSPS) is 11.3. The number of nitrogens with zero attached hydrogens (tertiary/aromatic N) is 2. The number of benzene rings is 3. The van der Waals surface area contributed by atoms with E-state index < -0.39 is 0 Å². The fraction of sp³-hybridized carbons (Fsp3) is 0.267. The molecule has 0 atom stereocenters. The summed E-state index contributed by atoms with van der Waals surface area (Å²) < 4.78 is 11.7. The third-order valence-electron chi connectivity index (χ3n) is 5.94. The van der Waals surface area contributed by atoms with Crippen molar-refractivity contribution in [1.29, 1.82) is 0 Å². The molecule has 0 unspecified atom stereocenters. The van der Waals surface area contributed by atoms with Gasteiger partial charge in [-0.1, -0.05) is 35.5 Å². The minimum absolute atomic E-state index is 0.0838. The van der Waals surface area contributed by atoms with Crippen molar-refractivity contribution in [3.8, 4) is 22.8 Å². The molecule has 0 aliphatic carbocycles. The molecular weight excluding hydrogens is 496 g/mol. The molecule has 7 nitrogen and oxygen atoms in total. The standard InChI is InChI=1S/C30H34N4O3S/c1-2-32-30-33-28(27(38-30)21-22-9-5-3-6-10-22)23-11-15-25(16-12-23)36-19-7-4-8-20-37-26-17-13-24(14-18-26)29(31)34-35/h3,5-6,9-18,35H,2,4,7-8,19-21H2,1H3,(H2,31,34)(H,32,33). The zero-order chi connectivity index (χ0) is 26.6. The molecule has 8 heteroatoms. The summed E-state index contributed by atoms with van der Waals surface area (Å²) >= 11 is 1.72. The number of amidine groups is 1. The van der Waals surface area contributed by atoms with Crippen LogP contribution in [0.25, 0.3) is 11.3 Å². The first kappa shape index (κ1) is 27.0. The number of rotatable bonds is 14. The van der Waals surface area contributed by atoms with Crippen LogP contribution in [0.15, 0.2) is 84.0 Å². The first-order valence-electron chi connectivity index (χ1n) is 12.9. The highest BCUT2D eigenvalue weighted by Crippen LogP contribution is 2.33. The number of unbranched alkanes of at least 4 members (excludes halogenated alkanes) is 2. The first-order valence-corrected chi connectivity index (χ1v) is 13.7. The topological polar surface area (TPSA) is 102 Å². The molecule has 4 rings (SSSR count). The zero-order valence-corrected chi connectivity index (χ0v) is 22.4. The second-order valence-electron chi connectivity index (χ2n) is 8.78. The number of hydrogen-bond acceptors (Lipinski definition) is 7. The van der Waals surface area contributed by atoms with E-state index in [4.69, 9.17) is 25.4 Å². The van der Waals surface area contributed by atoms with Crippen LogP contribution in [-0.4, -0.2) is 35.8 Å². The predicted molar refractivity (Wildman–Crippen MR) is 155 cm³/mol. The van der Waals surface area contributed by atoms with Gasteiger partial charge in [-0.3, -0.25) is 0 Å². The molecule has 0 radical (unpaired) electrons. The van der Waals surface area contributed by atoms with E-state index in [9.17, 15) is 0 Å². The zero-order valence-electron chi connectivity index (χ0n) is 21.6. The molecule has 0 spiro atoms. The Morgan fingerprint density at radius 2 is 1.53 bits per heavy atom. The van der Waals surface area contributed by atoms with Crippen LogP contribution in [0.5, 0.6) is 11.5 Å². The number of oxime groups is 1. The average molecular weight is 531 g/mol. The van der Waals surface area contributed by atoms with E-state index in [2.05, 4.69) is 53.8 Å². The Balaban J connectivity index is 1.22. The molecule has 3 aromatic carbocycles. The molecule has 0 saturated heterocycles. The van der Waals surface area contributed by atoms with Gasteiger partial charge in [-0.15, -0.1) is 11.3 Å². The maximum atomic E-state index is 8.72. The van der Waals surface area contributed by atoms with Crippen LogP contribution < -0.4 is 20.5 Å². The second kappa shape index (κ2) is 14.0. The molecule has 1 aromatic heterocycles. The summed E-state index contributed by atoms with van der Waals surface area (Å²) in [7, 11) is 0. The molecule has 1 heterocycles. The van der Waals surface area contributed by atoms with Crippen molar-refractivity contribution in [3.63, 3.8) is 0 Å². The number of ether oxygens (including phenoxy) is 2. The fourth-order valence-corrected chi connectivity index (χ4v) is 5.04. The Labute approximate surface area is 228 Å². The number of nitrogens with two attached hydrogens (primary N) is 1.